The molecule has 0 aliphatic carbocycles. The molecule has 0 aliphatic heterocycles. The molecule has 0 spiro atoms. The molecule has 0 bridgehead atoms. The lowest BCUT2D eigenvalue weighted by Crippen LogP contribution is -2.34. The van der Waals surface area contributed by atoms with E-state index in [9.17, 15) is 4.79 Å². The molecule has 0 fully saturated rings. The van der Waals surface area contributed by atoms with E-state index in [1.807, 2.05) is 38.1 Å². The van der Waals surface area contributed by atoms with Gasteiger partial charge in [0.25, 0.3) is 0 Å². The minimum Gasteiger partial charge on any atom is -0.396 e. The smallest absolute Gasteiger partial charge is 0.230 e. The minimum atomic E-state index is 0.0132. The Morgan fingerprint density at radius 1 is 1.47 bits per heavy atom. The van der Waals surface area contributed by atoms with Gasteiger partial charge in [-0.3, -0.25) is 4.79 Å². The summed E-state index contributed by atoms with van der Waals surface area (Å²) in [5.41, 5.74) is 1.19. The molecule has 0 aromatic heterocycles. The number of carbonyl (C=O) groups is 1. The van der Waals surface area contributed by atoms with Crippen molar-refractivity contribution in [3.8, 4) is 0 Å². The van der Waals surface area contributed by atoms with Crippen LogP contribution in [0, 0.1) is 6.92 Å². The number of carbonyl (C=O) groups excluding carboxylic acids is 1. The largest absolute Gasteiger partial charge is 0.396 e. The Bertz CT molecular complexity index is 368. The Balaban J connectivity index is 2.36. The van der Waals surface area contributed by atoms with Gasteiger partial charge in [-0.15, -0.1) is 11.8 Å². The zero-order chi connectivity index (χ0) is 12.7. The number of benzene rings is 1. The number of thioether (sulfide) groups is 1. The van der Waals surface area contributed by atoms with Gasteiger partial charge >= 0.3 is 0 Å². The second kappa shape index (κ2) is 7.35. The minimum absolute atomic E-state index is 0.0132. The average Bonchev–Trinajstić information content (AvgIpc) is 2.28. The molecule has 1 aromatic rings. The van der Waals surface area contributed by atoms with E-state index in [1.54, 1.807) is 11.8 Å². The number of hydrogen-bond acceptors (Lipinski definition) is 3. The number of aliphatic hydroxyl groups excluding tert-OH is 1. The molecule has 0 heterocycles. The van der Waals surface area contributed by atoms with Crippen molar-refractivity contribution in [1.29, 1.82) is 0 Å². The summed E-state index contributed by atoms with van der Waals surface area (Å²) in [4.78, 5) is 12.7. The fraction of sp³-hybridized carbons (Fsp3) is 0.462. The van der Waals surface area contributed by atoms with Crippen molar-refractivity contribution in [2.45, 2.75) is 31.2 Å². The highest BCUT2D eigenvalue weighted by Gasteiger charge is 2.07. The first-order valence-corrected chi connectivity index (χ1v) is 6.70. The second-order valence-electron chi connectivity index (χ2n) is 4.04. The molecule has 4 heteroatoms. The molecular formula is C13H19NO2S. The summed E-state index contributed by atoms with van der Waals surface area (Å²) in [6.45, 7) is 4.04. The molecular weight excluding hydrogens is 234 g/mol. The molecule has 0 saturated heterocycles. The van der Waals surface area contributed by atoms with Crippen LogP contribution in [-0.2, 0) is 4.79 Å². The van der Waals surface area contributed by atoms with E-state index in [4.69, 9.17) is 5.11 Å². The highest BCUT2D eigenvalue weighted by Crippen LogP contribution is 2.21. The van der Waals surface area contributed by atoms with Gasteiger partial charge in [-0.05, 0) is 31.9 Å². The van der Waals surface area contributed by atoms with Crippen LogP contribution in [0.4, 0.5) is 0 Å². The van der Waals surface area contributed by atoms with Gasteiger partial charge in [0.2, 0.25) is 5.91 Å². The van der Waals surface area contributed by atoms with Crippen LogP contribution in [0.15, 0.2) is 29.2 Å². The summed E-state index contributed by atoms with van der Waals surface area (Å²) in [5, 5.41) is 11.6. The highest BCUT2D eigenvalue weighted by atomic mass is 32.2. The monoisotopic (exact) mass is 253 g/mol. The molecule has 1 aromatic carbocycles. The SMILES string of the molecule is Cc1ccccc1SCC(=O)NC(C)CCO. The van der Waals surface area contributed by atoms with Crippen LogP contribution in [0.1, 0.15) is 18.9 Å². The summed E-state index contributed by atoms with van der Waals surface area (Å²) >= 11 is 1.54. The summed E-state index contributed by atoms with van der Waals surface area (Å²) < 4.78 is 0. The zero-order valence-corrected chi connectivity index (χ0v) is 11.1. The molecule has 3 nitrogen and oxygen atoms in total. The predicted octanol–water partition coefficient (Wildman–Crippen LogP) is 1.97. The fourth-order valence-corrected chi connectivity index (χ4v) is 2.28. The number of amides is 1. The van der Waals surface area contributed by atoms with Gasteiger partial charge in [-0.1, -0.05) is 18.2 Å². The lowest BCUT2D eigenvalue weighted by molar-refractivity contribution is -0.119. The first kappa shape index (κ1) is 14.1. The number of aryl methyl sites for hydroxylation is 1. The first-order valence-electron chi connectivity index (χ1n) is 5.72. The molecule has 1 amide bonds. The molecule has 94 valence electrons. The van der Waals surface area contributed by atoms with Crippen molar-refractivity contribution in [3.05, 3.63) is 29.8 Å². The van der Waals surface area contributed by atoms with Crippen LogP contribution in [0.5, 0.6) is 0 Å². The van der Waals surface area contributed by atoms with E-state index >= 15 is 0 Å². The van der Waals surface area contributed by atoms with E-state index in [1.165, 1.54) is 5.56 Å². The number of aliphatic hydroxyl groups is 1. The van der Waals surface area contributed by atoms with E-state index < -0.39 is 0 Å². The molecule has 0 aliphatic rings. The first-order chi connectivity index (χ1) is 8.13. The Labute approximate surface area is 107 Å². The highest BCUT2D eigenvalue weighted by molar-refractivity contribution is 8.00. The maximum Gasteiger partial charge on any atom is 0.230 e. The second-order valence-corrected chi connectivity index (χ2v) is 5.05. The van der Waals surface area contributed by atoms with Crippen LogP contribution in [-0.4, -0.2) is 29.4 Å². The van der Waals surface area contributed by atoms with Crippen molar-refractivity contribution in [1.82, 2.24) is 5.32 Å². The maximum atomic E-state index is 11.6. The molecule has 17 heavy (non-hydrogen) atoms. The molecule has 1 atom stereocenters. The van der Waals surface area contributed by atoms with Crippen molar-refractivity contribution in [2.24, 2.45) is 0 Å². The lowest BCUT2D eigenvalue weighted by Gasteiger charge is -2.12. The predicted molar refractivity (Wildman–Crippen MR) is 71.2 cm³/mol. The van der Waals surface area contributed by atoms with E-state index in [0.29, 0.717) is 12.2 Å². The standard InChI is InChI=1S/C13H19NO2S/c1-10-5-3-4-6-12(10)17-9-13(16)14-11(2)7-8-15/h3-6,11,15H,7-9H2,1-2H3,(H,14,16). The van der Waals surface area contributed by atoms with Crippen molar-refractivity contribution in [2.75, 3.05) is 12.4 Å². The third-order valence-corrected chi connectivity index (χ3v) is 3.60. The van der Waals surface area contributed by atoms with Crippen molar-refractivity contribution < 1.29 is 9.90 Å². The quantitative estimate of drug-likeness (QED) is 0.762. The van der Waals surface area contributed by atoms with Gasteiger partial charge < -0.3 is 10.4 Å². The normalized spacial score (nSPS) is 12.2. The summed E-state index contributed by atoms with van der Waals surface area (Å²) in [5.74, 6) is 0.430. The summed E-state index contributed by atoms with van der Waals surface area (Å²) in [6, 6.07) is 8.05. The Kier molecular flexibility index (Phi) is 6.08. The third-order valence-electron chi connectivity index (χ3n) is 2.42. The van der Waals surface area contributed by atoms with Crippen LogP contribution in [0.2, 0.25) is 0 Å². The molecule has 1 unspecified atom stereocenters. The van der Waals surface area contributed by atoms with Crippen LogP contribution in [0.25, 0.3) is 0 Å². The van der Waals surface area contributed by atoms with E-state index in [0.717, 1.165) is 4.90 Å². The Morgan fingerprint density at radius 2 is 2.18 bits per heavy atom. The number of nitrogens with one attached hydrogen (secondary N) is 1. The molecule has 0 radical (unpaired) electrons. The van der Waals surface area contributed by atoms with Gasteiger partial charge in [-0.2, -0.15) is 0 Å². The van der Waals surface area contributed by atoms with Crippen molar-refractivity contribution >= 4 is 17.7 Å². The van der Waals surface area contributed by atoms with E-state index in [2.05, 4.69) is 5.32 Å². The molecule has 1 rings (SSSR count). The van der Waals surface area contributed by atoms with Crippen LogP contribution >= 0.6 is 11.8 Å². The van der Waals surface area contributed by atoms with Gasteiger partial charge in [0.15, 0.2) is 0 Å². The number of rotatable bonds is 6. The Hall–Kier alpha value is -1.00. The topological polar surface area (TPSA) is 49.3 Å². The summed E-state index contributed by atoms with van der Waals surface area (Å²) in [7, 11) is 0. The maximum absolute atomic E-state index is 11.6. The van der Waals surface area contributed by atoms with Gasteiger partial charge in [-0.25, -0.2) is 0 Å². The van der Waals surface area contributed by atoms with Gasteiger partial charge in [0.05, 0.1) is 5.75 Å². The van der Waals surface area contributed by atoms with Crippen LogP contribution < -0.4 is 5.32 Å². The van der Waals surface area contributed by atoms with Crippen molar-refractivity contribution in [3.63, 3.8) is 0 Å². The average molecular weight is 253 g/mol. The zero-order valence-electron chi connectivity index (χ0n) is 10.3. The fourth-order valence-electron chi connectivity index (χ4n) is 1.44. The van der Waals surface area contributed by atoms with Gasteiger partial charge in [0.1, 0.15) is 0 Å². The number of hydrogen-bond donors (Lipinski definition) is 2. The molecule has 0 saturated carbocycles. The van der Waals surface area contributed by atoms with E-state index in [-0.39, 0.29) is 18.6 Å². The molecule has 2 N–H and O–H groups in total. The Morgan fingerprint density at radius 3 is 2.82 bits per heavy atom. The summed E-state index contributed by atoms with van der Waals surface area (Å²) in [6.07, 6.45) is 0.598. The third kappa shape index (κ3) is 5.24. The van der Waals surface area contributed by atoms with Crippen LogP contribution in [0.3, 0.4) is 0 Å². The van der Waals surface area contributed by atoms with Gasteiger partial charge in [0, 0.05) is 17.5 Å². The lowest BCUT2D eigenvalue weighted by atomic mass is 10.2.